The van der Waals surface area contributed by atoms with Crippen LogP contribution in [0.4, 0.5) is 9.18 Å². The molecule has 0 radical (unpaired) electrons. The Balaban J connectivity index is 2.46. The van der Waals surface area contributed by atoms with Gasteiger partial charge in [0.1, 0.15) is 5.82 Å². The van der Waals surface area contributed by atoms with Gasteiger partial charge < -0.3 is 10.6 Å². The summed E-state index contributed by atoms with van der Waals surface area (Å²) in [6.07, 6.45) is 4.44. The highest BCUT2D eigenvalue weighted by atomic mass is 19.1. The Kier molecular flexibility index (Phi) is 4.79. The molecule has 3 nitrogen and oxygen atoms in total. The Bertz CT molecular complexity index is 402. The number of hydrogen-bond acceptors (Lipinski definition) is 1. The molecule has 0 heterocycles. The Morgan fingerprint density at radius 3 is 2.88 bits per heavy atom. The van der Waals surface area contributed by atoms with E-state index in [1.165, 1.54) is 18.3 Å². The predicted octanol–water partition coefficient (Wildman–Crippen LogP) is 2.28. The topological polar surface area (TPSA) is 41.1 Å². The SMILES string of the molecule is C=CCNC(=O)N/C=C/c1ccccc1F. The molecule has 0 aliphatic carbocycles. The summed E-state index contributed by atoms with van der Waals surface area (Å²) >= 11 is 0. The highest BCUT2D eigenvalue weighted by Crippen LogP contribution is 2.07. The van der Waals surface area contributed by atoms with Gasteiger partial charge in [0.2, 0.25) is 0 Å². The molecule has 1 aromatic rings. The molecule has 2 N–H and O–H groups in total. The van der Waals surface area contributed by atoms with Crippen LogP contribution in [0.5, 0.6) is 0 Å². The van der Waals surface area contributed by atoms with Crippen molar-refractivity contribution in [3.63, 3.8) is 0 Å². The predicted molar refractivity (Wildman–Crippen MR) is 62.2 cm³/mol. The Labute approximate surface area is 93.7 Å². The van der Waals surface area contributed by atoms with Gasteiger partial charge in [0.05, 0.1) is 0 Å². The van der Waals surface area contributed by atoms with Gasteiger partial charge in [-0.25, -0.2) is 9.18 Å². The van der Waals surface area contributed by atoms with Crippen molar-refractivity contribution >= 4 is 12.1 Å². The molecule has 0 bridgehead atoms. The van der Waals surface area contributed by atoms with E-state index in [-0.39, 0.29) is 11.8 Å². The van der Waals surface area contributed by atoms with Crippen molar-refractivity contribution in [2.75, 3.05) is 6.54 Å². The molecule has 0 atom stereocenters. The number of carbonyl (C=O) groups is 1. The van der Waals surface area contributed by atoms with E-state index in [9.17, 15) is 9.18 Å². The third-order valence-corrected chi connectivity index (χ3v) is 1.79. The van der Waals surface area contributed by atoms with E-state index < -0.39 is 0 Å². The van der Waals surface area contributed by atoms with Gasteiger partial charge in [0.25, 0.3) is 0 Å². The third-order valence-electron chi connectivity index (χ3n) is 1.79. The van der Waals surface area contributed by atoms with Crippen molar-refractivity contribution in [2.45, 2.75) is 0 Å². The molecule has 84 valence electrons. The lowest BCUT2D eigenvalue weighted by Crippen LogP contribution is -2.31. The van der Waals surface area contributed by atoms with Gasteiger partial charge in [-0.05, 0) is 12.1 Å². The van der Waals surface area contributed by atoms with Crippen molar-refractivity contribution < 1.29 is 9.18 Å². The van der Waals surface area contributed by atoms with Crippen LogP contribution in [0.2, 0.25) is 0 Å². The summed E-state index contributed by atoms with van der Waals surface area (Å²) in [5.74, 6) is -0.327. The van der Waals surface area contributed by atoms with E-state index in [1.54, 1.807) is 24.3 Å². The minimum absolute atomic E-state index is 0.327. The molecule has 1 rings (SSSR count). The fraction of sp³-hybridized carbons (Fsp3) is 0.0833. The smallest absolute Gasteiger partial charge is 0.319 e. The van der Waals surface area contributed by atoms with Crippen molar-refractivity contribution in [3.8, 4) is 0 Å². The van der Waals surface area contributed by atoms with Crippen molar-refractivity contribution in [1.29, 1.82) is 0 Å². The van der Waals surface area contributed by atoms with Gasteiger partial charge >= 0.3 is 6.03 Å². The molecular formula is C12H13FN2O. The number of halogens is 1. The molecule has 0 unspecified atom stereocenters. The van der Waals surface area contributed by atoms with Crippen LogP contribution in [0, 0.1) is 5.82 Å². The third kappa shape index (κ3) is 3.96. The zero-order chi connectivity index (χ0) is 11.8. The Morgan fingerprint density at radius 2 is 2.19 bits per heavy atom. The lowest BCUT2D eigenvalue weighted by Gasteiger charge is -2.00. The molecule has 0 aliphatic rings. The van der Waals surface area contributed by atoms with E-state index in [4.69, 9.17) is 0 Å². The van der Waals surface area contributed by atoms with Crippen molar-refractivity contribution in [2.24, 2.45) is 0 Å². The average molecular weight is 220 g/mol. The number of nitrogens with one attached hydrogen (secondary N) is 2. The molecule has 0 spiro atoms. The summed E-state index contributed by atoms with van der Waals surface area (Å²) in [6, 6.07) is 5.96. The molecule has 1 aromatic carbocycles. The monoisotopic (exact) mass is 220 g/mol. The summed E-state index contributed by atoms with van der Waals surface area (Å²) in [5.41, 5.74) is 0.423. The van der Waals surface area contributed by atoms with E-state index in [0.717, 1.165) is 0 Å². The molecule has 0 fully saturated rings. The molecule has 4 heteroatoms. The fourth-order valence-electron chi connectivity index (χ4n) is 1.03. The van der Waals surface area contributed by atoms with Gasteiger partial charge in [-0.1, -0.05) is 24.3 Å². The molecule has 0 aliphatic heterocycles. The van der Waals surface area contributed by atoms with E-state index in [2.05, 4.69) is 17.2 Å². The number of carbonyl (C=O) groups excluding carboxylic acids is 1. The van der Waals surface area contributed by atoms with Gasteiger partial charge in [-0.2, -0.15) is 0 Å². The first-order valence-electron chi connectivity index (χ1n) is 4.80. The molecular weight excluding hydrogens is 207 g/mol. The highest BCUT2D eigenvalue weighted by Gasteiger charge is 1.96. The van der Waals surface area contributed by atoms with Gasteiger partial charge in [-0.15, -0.1) is 6.58 Å². The van der Waals surface area contributed by atoms with Crippen LogP contribution in [-0.2, 0) is 0 Å². The van der Waals surface area contributed by atoms with Gasteiger partial charge in [0.15, 0.2) is 0 Å². The molecule has 0 saturated carbocycles. The van der Waals surface area contributed by atoms with Crippen LogP contribution in [0.25, 0.3) is 6.08 Å². The first-order valence-corrected chi connectivity index (χ1v) is 4.80. The highest BCUT2D eigenvalue weighted by molar-refractivity contribution is 5.76. The van der Waals surface area contributed by atoms with Gasteiger partial charge in [-0.3, -0.25) is 0 Å². The summed E-state index contributed by atoms with van der Waals surface area (Å²) < 4.78 is 13.1. The van der Waals surface area contributed by atoms with Crippen LogP contribution in [0.15, 0.2) is 43.1 Å². The summed E-state index contributed by atoms with van der Waals surface area (Å²) in [4.78, 5) is 11.1. The molecule has 16 heavy (non-hydrogen) atoms. The zero-order valence-corrected chi connectivity index (χ0v) is 8.74. The van der Waals surface area contributed by atoms with E-state index >= 15 is 0 Å². The summed E-state index contributed by atoms with van der Waals surface area (Å²) in [7, 11) is 0. The first-order chi connectivity index (χ1) is 7.74. The lowest BCUT2D eigenvalue weighted by molar-refractivity contribution is 0.245. The maximum Gasteiger partial charge on any atom is 0.319 e. The Hall–Kier alpha value is -2.10. The van der Waals surface area contributed by atoms with Crippen molar-refractivity contribution in [1.82, 2.24) is 10.6 Å². The quantitative estimate of drug-likeness (QED) is 0.751. The average Bonchev–Trinajstić information content (AvgIpc) is 2.29. The minimum Gasteiger partial charge on any atom is -0.334 e. The van der Waals surface area contributed by atoms with Crippen LogP contribution in [0.3, 0.4) is 0 Å². The van der Waals surface area contributed by atoms with Crippen LogP contribution < -0.4 is 10.6 Å². The summed E-state index contributed by atoms with van der Waals surface area (Å²) in [5, 5.41) is 4.97. The number of hydrogen-bond donors (Lipinski definition) is 2. The number of urea groups is 1. The molecule has 2 amide bonds. The second kappa shape index (κ2) is 6.40. The van der Waals surface area contributed by atoms with Crippen LogP contribution >= 0.6 is 0 Å². The van der Waals surface area contributed by atoms with E-state index in [0.29, 0.717) is 12.1 Å². The second-order valence-corrected chi connectivity index (χ2v) is 3.00. The normalized spacial score (nSPS) is 10.1. The number of amides is 2. The van der Waals surface area contributed by atoms with Crippen LogP contribution in [0.1, 0.15) is 5.56 Å². The number of benzene rings is 1. The number of rotatable bonds is 4. The Morgan fingerprint density at radius 1 is 1.44 bits per heavy atom. The van der Waals surface area contributed by atoms with Crippen molar-refractivity contribution in [3.05, 3.63) is 54.5 Å². The molecule has 0 aromatic heterocycles. The van der Waals surface area contributed by atoms with Crippen LogP contribution in [-0.4, -0.2) is 12.6 Å². The second-order valence-electron chi connectivity index (χ2n) is 3.00. The largest absolute Gasteiger partial charge is 0.334 e. The lowest BCUT2D eigenvalue weighted by atomic mass is 10.2. The minimum atomic E-state index is -0.354. The zero-order valence-electron chi connectivity index (χ0n) is 8.74. The first kappa shape index (κ1) is 12.0. The maximum atomic E-state index is 13.1. The maximum absolute atomic E-state index is 13.1. The fourth-order valence-corrected chi connectivity index (χ4v) is 1.03. The molecule has 0 saturated heterocycles. The standard InChI is InChI=1S/C12H13FN2O/c1-2-8-14-12(16)15-9-7-10-5-3-4-6-11(10)13/h2-7,9H,1,8H2,(H2,14,15,16)/b9-7+. The van der Waals surface area contributed by atoms with E-state index in [1.807, 2.05) is 0 Å². The van der Waals surface area contributed by atoms with Gasteiger partial charge in [0, 0.05) is 18.3 Å². The summed E-state index contributed by atoms with van der Waals surface area (Å²) in [6.45, 7) is 3.85.